The lowest BCUT2D eigenvalue weighted by molar-refractivity contribution is -0.140. The van der Waals surface area contributed by atoms with E-state index in [0.717, 1.165) is 52.2 Å². The molecule has 0 unspecified atom stereocenters. The largest absolute Gasteiger partial charge is 0.352 e. The molecule has 0 bridgehead atoms. The second kappa shape index (κ2) is 15.0. The van der Waals surface area contributed by atoms with Crippen LogP contribution in [0.5, 0.6) is 0 Å². The molecule has 1 atom stereocenters. The highest BCUT2D eigenvalue weighted by Gasteiger charge is 2.35. The smallest absolute Gasteiger partial charge is 0.264 e. The summed E-state index contributed by atoms with van der Waals surface area (Å²) in [4.78, 5) is 30.4. The van der Waals surface area contributed by atoms with Crippen molar-refractivity contribution in [1.29, 1.82) is 0 Å². The van der Waals surface area contributed by atoms with Crippen LogP contribution in [0, 0.1) is 13.8 Å². The van der Waals surface area contributed by atoms with E-state index in [2.05, 4.69) is 5.32 Å². The van der Waals surface area contributed by atoms with Gasteiger partial charge in [0.25, 0.3) is 10.0 Å². The molecule has 1 saturated carbocycles. The molecule has 0 radical (unpaired) electrons. The average molecular weight is 658 g/mol. The van der Waals surface area contributed by atoms with E-state index in [4.69, 9.17) is 11.6 Å². The number of aryl methyl sites for hydroxylation is 2. The minimum atomic E-state index is -4.19. The van der Waals surface area contributed by atoms with Crippen LogP contribution in [-0.4, -0.2) is 43.8 Å². The molecule has 1 aliphatic rings. The highest BCUT2D eigenvalue weighted by molar-refractivity contribution is 7.92. The van der Waals surface area contributed by atoms with Gasteiger partial charge in [-0.1, -0.05) is 103 Å². The van der Waals surface area contributed by atoms with Crippen molar-refractivity contribution in [1.82, 2.24) is 10.2 Å². The van der Waals surface area contributed by atoms with Crippen LogP contribution in [-0.2, 0) is 32.6 Å². The van der Waals surface area contributed by atoms with Crippen molar-refractivity contribution in [3.8, 4) is 0 Å². The van der Waals surface area contributed by atoms with Gasteiger partial charge >= 0.3 is 0 Å². The zero-order valence-corrected chi connectivity index (χ0v) is 27.8. The van der Waals surface area contributed by atoms with E-state index in [9.17, 15) is 18.0 Å². The van der Waals surface area contributed by atoms with E-state index in [1.165, 1.54) is 12.1 Å². The number of halogens is 1. The van der Waals surface area contributed by atoms with E-state index in [-0.39, 0.29) is 35.5 Å². The van der Waals surface area contributed by atoms with Gasteiger partial charge in [-0.25, -0.2) is 8.42 Å². The number of nitrogens with zero attached hydrogens (tertiary/aromatic N) is 2. The number of sulfonamides is 1. The first-order valence-corrected chi connectivity index (χ1v) is 17.5. The summed E-state index contributed by atoms with van der Waals surface area (Å²) in [6.45, 7) is 3.40. The summed E-state index contributed by atoms with van der Waals surface area (Å²) in [5.74, 6) is -0.740. The van der Waals surface area contributed by atoms with Crippen LogP contribution in [0.4, 0.5) is 5.69 Å². The fourth-order valence-electron chi connectivity index (χ4n) is 5.88. The molecule has 0 spiro atoms. The van der Waals surface area contributed by atoms with Gasteiger partial charge in [-0.15, -0.1) is 0 Å². The average Bonchev–Trinajstić information content (AvgIpc) is 3.57. The lowest BCUT2D eigenvalue weighted by atomic mass is 10.0. The van der Waals surface area contributed by atoms with E-state index in [1.54, 1.807) is 41.3 Å². The Hall–Kier alpha value is -4.14. The Balaban J connectivity index is 1.58. The molecule has 1 aliphatic carbocycles. The molecule has 4 aromatic carbocycles. The van der Waals surface area contributed by atoms with Crippen molar-refractivity contribution in [2.75, 3.05) is 10.8 Å². The third-order valence-electron chi connectivity index (χ3n) is 8.63. The quantitative estimate of drug-likeness (QED) is 0.181. The number of amides is 2. The molecule has 2 amide bonds. The number of carbonyl (C=O) groups is 2. The molecule has 240 valence electrons. The van der Waals surface area contributed by atoms with Crippen molar-refractivity contribution in [2.45, 2.75) is 69.5 Å². The van der Waals surface area contributed by atoms with Gasteiger partial charge in [-0.2, -0.15) is 0 Å². The summed E-state index contributed by atoms with van der Waals surface area (Å²) >= 11 is 6.47. The number of anilines is 1. The van der Waals surface area contributed by atoms with Gasteiger partial charge in [-0.3, -0.25) is 13.9 Å². The van der Waals surface area contributed by atoms with E-state index in [1.807, 2.05) is 68.4 Å². The zero-order chi connectivity index (χ0) is 32.7. The molecule has 0 heterocycles. The minimum absolute atomic E-state index is 0.0461. The molecule has 0 aromatic heterocycles. The van der Waals surface area contributed by atoms with Crippen LogP contribution in [0.1, 0.15) is 47.9 Å². The summed E-state index contributed by atoms with van der Waals surface area (Å²) in [7, 11) is -4.19. The normalized spacial score (nSPS) is 14.1. The molecule has 1 N–H and O–H groups in total. The third-order valence-corrected chi connectivity index (χ3v) is 10.8. The highest BCUT2D eigenvalue weighted by atomic mass is 35.5. The summed E-state index contributed by atoms with van der Waals surface area (Å²) < 4.78 is 29.4. The Morgan fingerprint density at radius 3 is 2.13 bits per heavy atom. The van der Waals surface area contributed by atoms with Crippen molar-refractivity contribution < 1.29 is 18.0 Å². The number of benzene rings is 4. The molecule has 0 aliphatic heterocycles. The van der Waals surface area contributed by atoms with Crippen LogP contribution >= 0.6 is 11.6 Å². The number of rotatable bonds is 12. The number of hydrogen-bond donors (Lipinski definition) is 1. The topological polar surface area (TPSA) is 86.8 Å². The SMILES string of the molecule is Cc1ccc(N(CC(=O)N(Cc2ccccc2C)[C@H](Cc2ccccc2)C(=O)NC2CCCC2)S(=O)(=O)c2ccccc2)cc1Cl. The molecular formula is C37H40ClN3O4S. The van der Waals surface area contributed by atoms with Crippen LogP contribution in [0.2, 0.25) is 5.02 Å². The van der Waals surface area contributed by atoms with Gasteiger partial charge < -0.3 is 10.2 Å². The summed E-state index contributed by atoms with van der Waals surface area (Å²) in [6.07, 6.45) is 4.16. The second-order valence-corrected chi connectivity index (χ2v) is 14.2. The van der Waals surface area contributed by atoms with Crippen molar-refractivity contribution in [2.24, 2.45) is 0 Å². The maximum absolute atomic E-state index is 14.7. The van der Waals surface area contributed by atoms with Gasteiger partial charge in [0, 0.05) is 24.0 Å². The highest BCUT2D eigenvalue weighted by Crippen LogP contribution is 2.29. The first kappa shape index (κ1) is 33.2. The van der Waals surface area contributed by atoms with Gasteiger partial charge in [0.15, 0.2) is 0 Å². The molecule has 7 nitrogen and oxygen atoms in total. The molecular weight excluding hydrogens is 618 g/mol. The Bertz CT molecular complexity index is 1760. The molecule has 1 fully saturated rings. The molecule has 46 heavy (non-hydrogen) atoms. The number of nitrogens with one attached hydrogen (secondary N) is 1. The molecule has 5 rings (SSSR count). The molecule has 9 heteroatoms. The van der Waals surface area contributed by atoms with Crippen LogP contribution in [0.25, 0.3) is 0 Å². The number of carbonyl (C=O) groups excluding carboxylic acids is 2. The van der Waals surface area contributed by atoms with Crippen LogP contribution in [0.3, 0.4) is 0 Å². The van der Waals surface area contributed by atoms with E-state index < -0.39 is 28.5 Å². The van der Waals surface area contributed by atoms with Crippen molar-refractivity contribution >= 4 is 39.1 Å². The third kappa shape index (κ3) is 7.98. The zero-order valence-electron chi connectivity index (χ0n) is 26.2. The van der Waals surface area contributed by atoms with Gasteiger partial charge in [0.2, 0.25) is 11.8 Å². The minimum Gasteiger partial charge on any atom is -0.352 e. The lowest BCUT2D eigenvalue weighted by Gasteiger charge is -2.34. The standard InChI is InChI=1S/C37H40ClN3O4S/c1-27-13-9-10-16-30(27)25-40(35(23-29-14-5-3-6-15-29)37(43)39-31-17-11-12-18-31)36(42)26-41(32-22-21-28(2)34(38)24-32)46(44,45)33-19-7-4-8-20-33/h3-10,13-16,19-22,24,31,35H,11-12,17-18,23,25-26H2,1-2H3,(H,39,43)/t35-/m1/s1. The van der Waals surface area contributed by atoms with Gasteiger partial charge in [0.05, 0.1) is 10.6 Å². The summed E-state index contributed by atoms with van der Waals surface area (Å²) in [5.41, 5.74) is 3.78. The van der Waals surface area contributed by atoms with E-state index in [0.29, 0.717) is 5.02 Å². The Morgan fingerprint density at radius 1 is 0.848 bits per heavy atom. The van der Waals surface area contributed by atoms with Gasteiger partial charge in [0.1, 0.15) is 12.6 Å². The lowest BCUT2D eigenvalue weighted by Crippen LogP contribution is -2.54. The monoisotopic (exact) mass is 657 g/mol. The number of hydrogen-bond acceptors (Lipinski definition) is 4. The van der Waals surface area contributed by atoms with Crippen LogP contribution in [0.15, 0.2) is 108 Å². The molecule has 4 aromatic rings. The van der Waals surface area contributed by atoms with Crippen molar-refractivity contribution in [3.63, 3.8) is 0 Å². The Morgan fingerprint density at radius 2 is 1.48 bits per heavy atom. The maximum Gasteiger partial charge on any atom is 0.264 e. The second-order valence-electron chi connectivity index (χ2n) is 11.9. The van der Waals surface area contributed by atoms with Crippen LogP contribution < -0.4 is 9.62 Å². The predicted octanol–water partition coefficient (Wildman–Crippen LogP) is 6.85. The summed E-state index contributed by atoms with van der Waals surface area (Å²) in [6, 6.07) is 29.4. The Kier molecular flexibility index (Phi) is 10.8. The van der Waals surface area contributed by atoms with Gasteiger partial charge in [-0.05, 0) is 73.2 Å². The summed E-state index contributed by atoms with van der Waals surface area (Å²) in [5, 5.41) is 3.59. The molecule has 0 saturated heterocycles. The van der Waals surface area contributed by atoms with E-state index >= 15 is 0 Å². The van der Waals surface area contributed by atoms with Crippen molar-refractivity contribution in [3.05, 3.63) is 130 Å². The Labute approximate surface area is 277 Å². The fraction of sp³-hybridized carbons (Fsp3) is 0.297. The maximum atomic E-state index is 14.7. The predicted molar refractivity (Wildman–Crippen MR) is 183 cm³/mol. The first-order chi connectivity index (χ1) is 22.1. The first-order valence-electron chi connectivity index (χ1n) is 15.7. The fourth-order valence-corrected chi connectivity index (χ4v) is 7.48.